The molecule has 1 amide bonds. The summed E-state index contributed by atoms with van der Waals surface area (Å²) in [6.45, 7) is 1.99. The van der Waals surface area contributed by atoms with Crippen LogP contribution in [0, 0.1) is 6.92 Å². The maximum Gasteiger partial charge on any atom is 0.346 e. The van der Waals surface area contributed by atoms with Crippen molar-refractivity contribution < 1.29 is 14.7 Å². The van der Waals surface area contributed by atoms with Gasteiger partial charge in [-0.15, -0.1) is 11.3 Å². The number of carbonyl (C=O) groups excluding carboxylic acids is 1. The van der Waals surface area contributed by atoms with Gasteiger partial charge in [0.1, 0.15) is 4.88 Å². The highest BCUT2D eigenvalue weighted by atomic mass is 32.1. The number of nitrogens with one attached hydrogen (secondary N) is 1. The van der Waals surface area contributed by atoms with Crippen LogP contribution in [0.15, 0.2) is 41.1 Å². The number of aryl methyl sites for hydroxylation is 1. The van der Waals surface area contributed by atoms with E-state index in [-0.39, 0.29) is 16.7 Å². The van der Waals surface area contributed by atoms with Gasteiger partial charge in [0.05, 0.1) is 5.69 Å². The van der Waals surface area contributed by atoms with Gasteiger partial charge in [0.25, 0.3) is 0 Å². The van der Waals surface area contributed by atoms with Crippen molar-refractivity contribution in [1.29, 1.82) is 0 Å². The zero-order chi connectivity index (χ0) is 17.6. The second-order valence-corrected chi connectivity index (χ2v) is 7.91. The van der Waals surface area contributed by atoms with Gasteiger partial charge in [-0.3, -0.25) is 4.79 Å². The summed E-state index contributed by atoms with van der Waals surface area (Å²) in [6.07, 6.45) is 0.344. The Morgan fingerprint density at radius 3 is 2.64 bits per heavy atom. The number of carboxylic acids is 1. The number of hydrogen-bond donors (Lipinski definition) is 2. The third kappa shape index (κ3) is 2.77. The van der Waals surface area contributed by atoms with Crippen molar-refractivity contribution in [3.63, 3.8) is 0 Å². The largest absolute Gasteiger partial charge is 0.477 e. The average molecular weight is 369 g/mol. The van der Waals surface area contributed by atoms with Crippen LogP contribution in [0.2, 0.25) is 0 Å². The first-order valence-electron chi connectivity index (χ1n) is 7.83. The third-order valence-corrected chi connectivity index (χ3v) is 6.38. The summed E-state index contributed by atoms with van der Waals surface area (Å²) in [5.74, 6) is -1.13. The lowest BCUT2D eigenvalue weighted by Gasteiger charge is -2.23. The monoisotopic (exact) mass is 369 g/mol. The Bertz CT molecular complexity index is 955. The third-order valence-electron chi connectivity index (χ3n) is 4.39. The number of thiophene rings is 2. The number of carboxylic acid groups (broad SMARTS) is 1. The molecule has 1 aliphatic rings. The smallest absolute Gasteiger partial charge is 0.346 e. The second kappa shape index (κ2) is 6.13. The van der Waals surface area contributed by atoms with E-state index < -0.39 is 5.97 Å². The molecule has 25 heavy (non-hydrogen) atoms. The Balaban J connectivity index is 1.95. The van der Waals surface area contributed by atoms with Crippen molar-refractivity contribution in [2.45, 2.75) is 19.3 Å². The molecule has 126 valence electrons. The Morgan fingerprint density at radius 2 is 2.00 bits per heavy atom. The summed E-state index contributed by atoms with van der Waals surface area (Å²) < 4.78 is 0. The van der Waals surface area contributed by atoms with Crippen LogP contribution in [-0.2, 0) is 4.79 Å². The number of fused-ring (bicyclic) bond motifs is 1. The molecule has 0 radical (unpaired) electrons. The maximum absolute atomic E-state index is 12.3. The minimum absolute atomic E-state index is 0.0770. The lowest BCUT2D eigenvalue weighted by atomic mass is 9.90. The fraction of sp³-hybridized carbons (Fsp3) is 0.158. The molecule has 4 rings (SSSR count). The molecule has 0 aliphatic carbocycles. The van der Waals surface area contributed by atoms with Crippen LogP contribution < -0.4 is 5.32 Å². The van der Waals surface area contributed by atoms with Crippen LogP contribution in [0.4, 0.5) is 5.69 Å². The van der Waals surface area contributed by atoms with E-state index in [4.69, 9.17) is 0 Å². The van der Waals surface area contributed by atoms with Crippen molar-refractivity contribution in [2.75, 3.05) is 5.32 Å². The van der Waals surface area contributed by atoms with Crippen LogP contribution in [0.5, 0.6) is 0 Å². The van der Waals surface area contributed by atoms with E-state index in [1.54, 1.807) is 11.3 Å². The number of aromatic carboxylic acids is 1. The van der Waals surface area contributed by atoms with E-state index in [9.17, 15) is 14.7 Å². The molecule has 3 heterocycles. The van der Waals surface area contributed by atoms with Gasteiger partial charge in [-0.05, 0) is 34.9 Å². The summed E-state index contributed by atoms with van der Waals surface area (Å²) in [4.78, 5) is 25.3. The molecule has 2 N–H and O–H groups in total. The quantitative estimate of drug-likeness (QED) is 0.686. The average Bonchev–Trinajstić information content (AvgIpc) is 3.22. The van der Waals surface area contributed by atoms with Gasteiger partial charge >= 0.3 is 5.97 Å². The molecule has 3 aromatic rings. The summed E-state index contributed by atoms with van der Waals surface area (Å²) in [5, 5.41) is 16.6. The number of amides is 1. The number of benzene rings is 1. The van der Waals surface area contributed by atoms with Gasteiger partial charge in [0.2, 0.25) is 5.91 Å². The first kappa shape index (κ1) is 16.1. The van der Waals surface area contributed by atoms with Crippen LogP contribution in [-0.4, -0.2) is 17.0 Å². The molecule has 0 saturated carbocycles. The molecule has 0 spiro atoms. The highest BCUT2D eigenvalue weighted by Gasteiger charge is 2.34. The first-order valence-corrected chi connectivity index (χ1v) is 9.59. The highest BCUT2D eigenvalue weighted by molar-refractivity contribution is 7.15. The summed E-state index contributed by atoms with van der Waals surface area (Å²) in [6, 6.07) is 9.72. The van der Waals surface area contributed by atoms with E-state index >= 15 is 0 Å². The van der Waals surface area contributed by atoms with Crippen LogP contribution in [0.1, 0.15) is 38.0 Å². The fourth-order valence-corrected chi connectivity index (χ4v) is 5.14. The molecule has 0 bridgehead atoms. The normalized spacial score (nSPS) is 16.4. The van der Waals surface area contributed by atoms with Crippen molar-refractivity contribution in [1.82, 2.24) is 0 Å². The predicted octanol–water partition coefficient (Wildman–Crippen LogP) is 4.96. The number of carbonyl (C=O) groups is 2. The minimum Gasteiger partial charge on any atom is -0.477 e. The lowest BCUT2D eigenvalue weighted by molar-refractivity contribution is -0.116. The number of rotatable bonds is 3. The Labute approximate surface area is 152 Å². The zero-order valence-corrected chi connectivity index (χ0v) is 15.0. The highest BCUT2D eigenvalue weighted by Crippen LogP contribution is 2.49. The van der Waals surface area contributed by atoms with E-state index in [1.165, 1.54) is 11.3 Å². The summed E-state index contributed by atoms with van der Waals surface area (Å²) >= 11 is 2.85. The molecule has 0 fully saturated rings. The molecule has 2 aromatic heterocycles. The van der Waals surface area contributed by atoms with Crippen molar-refractivity contribution in [2.24, 2.45) is 0 Å². The van der Waals surface area contributed by atoms with Gasteiger partial charge in [-0.1, -0.05) is 29.8 Å². The van der Waals surface area contributed by atoms with E-state index in [0.717, 1.165) is 21.6 Å². The molecular weight excluding hydrogens is 354 g/mol. The number of hydrogen-bond acceptors (Lipinski definition) is 4. The Kier molecular flexibility index (Phi) is 3.94. The van der Waals surface area contributed by atoms with Crippen LogP contribution in [0.25, 0.3) is 11.1 Å². The molecule has 1 aliphatic heterocycles. The van der Waals surface area contributed by atoms with Crippen molar-refractivity contribution in [3.05, 3.63) is 62.0 Å². The standard InChI is InChI=1S/C19H15NO3S2/c1-10-2-4-11(5-3-10)15-16-17(25-18(15)19(22)23)13(8-14(21)20-16)12-6-7-24-9-12/h2-7,9,13H,8H2,1H3,(H,20,21)(H,22,23)/t13-/m1/s1. The Morgan fingerprint density at radius 1 is 1.24 bits per heavy atom. The summed E-state index contributed by atoms with van der Waals surface area (Å²) in [5.41, 5.74) is 4.24. The van der Waals surface area contributed by atoms with E-state index in [1.807, 2.05) is 48.0 Å². The second-order valence-electron chi connectivity index (χ2n) is 6.08. The van der Waals surface area contributed by atoms with Crippen LogP contribution >= 0.6 is 22.7 Å². The topological polar surface area (TPSA) is 66.4 Å². The molecule has 6 heteroatoms. The SMILES string of the molecule is Cc1ccc(-c2c(C(=O)O)sc3c2NC(=O)C[C@@H]3c2ccsc2)cc1. The van der Waals surface area contributed by atoms with Gasteiger partial charge < -0.3 is 10.4 Å². The van der Waals surface area contributed by atoms with Crippen molar-refractivity contribution in [3.8, 4) is 11.1 Å². The predicted molar refractivity (Wildman–Crippen MR) is 101 cm³/mol. The maximum atomic E-state index is 12.3. The van der Waals surface area contributed by atoms with E-state index in [2.05, 4.69) is 5.32 Å². The molecule has 1 aromatic carbocycles. The van der Waals surface area contributed by atoms with Gasteiger partial charge in [-0.2, -0.15) is 11.3 Å². The molecule has 4 nitrogen and oxygen atoms in total. The van der Waals surface area contributed by atoms with Gasteiger partial charge in [-0.25, -0.2) is 4.79 Å². The van der Waals surface area contributed by atoms with Crippen molar-refractivity contribution >= 4 is 40.2 Å². The van der Waals surface area contributed by atoms with E-state index in [0.29, 0.717) is 17.7 Å². The molecular formula is C19H15NO3S2. The minimum atomic E-state index is -0.965. The summed E-state index contributed by atoms with van der Waals surface area (Å²) in [7, 11) is 0. The molecule has 0 saturated heterocycles. The lowest BCUT2D eigenvalue weighted by Crippen LogP contribution is -2.22. The molecule has 1 atom stereocenters. The van der Waals surface area contributed by atoms with Crippen LogP contribution in [0.3, 0.4) is 0 Å². The number of anilines is 1. The Hall–Kier alpha value is -2.44. The zero-order valence-electron chi connectivity index (χ0n) is 13.4. The van der Waals surface area contributed by atoms with Gasteiger partial charge in [0, 0.05) is 22.8 Å². The first-order chi connectivity index (χ1) is 12.0. The molecule has 0 unspecified atom stereocenters. The van der Waals surface area contributed by atoms with Gasteiger partial charge in [0.15, 0.2) is 0 Å². The fourth-order valence-electron chi connectivity index (χ4n) is 3.18.